The van der Waals surface area contributed by atoms with Gasteiger partial charge >= 0.3 is 0 Å². The number of aromatic amines is 1. The predicted octanol–water partition coefficient (Wildman–Crippen LogP) is 1.80. The minimum atomic E-state index is -1.07. The number of aliphatic hydroxyl groups excluding tert-OH is 1. The Hall–Kier alpha value is -1.70. The predicted molar refractivity (Wildman–Crippen MR) is 88.4 cm³/mol. The standard InChI is InChI=1S/C16H21N3O3S/c1-11-3-4-14(23-11)12-9-13(18-17-12)15(21)19-7-2-5-16(22,10-20)6-8-19/h3-4,9,20,22H,2,5-8,10H2,1H3,(H,17,18)/t16-/m0/s1. The lowest BCUT2D eigenvalue weighted by atomic mass is 9.96. The second-order valence-electron chi connectivity index (χ2n) is 6.11. The van der Waals surface area contributed by atoms with Crippen molar-refractivity contribution in [3.8, 4) is 10.6 Å². The highest BCUT2D eigenvalue weighted by atomic mass is 32.1. The Kier molecular flexibility index (Phi) is 4.52. The molecule has 0 radical (unpaired) electrons. The van der Waals surface area contributed by atoms with Gasteiger partial charge in [-0.15, -0.1) is 11.3 Å². The highest BCUT2D eigenvalue weighted by Crippen LogP contribution is 2.27. The first-order valence-electron chi connectivity index (χ1n) is 7.75. The van der Waals surface area contributed by atoms with Crippen molar-refractivity contribution in [2.75, 3.05) is 19.7 Å². The number of rotatable bonds is 3. The average molecular weight is 335 g/mol. The summed E-state index contributed by atoms with van der Waals surface area (Å²) in [6.45, 7) is 2.77. The molecule has 1 saturated heterocycles. The zero-order chi connectivity index (χ0) is 16.4. The van der Waals surface area contributed by atoms with E-state index in [1.54, 1.807) is 22.3 Å². The molecule has 7 heteroatoms. The van der Waals surface area contributed by atoms with E-state index in [1.807, 2.05) is 19.1 Å². The molecule has 3 rings (SSSR count). The van der Waals surface area contributed by atoms with Crippen molar-refractivity contribution in [2.24, 2.45) is 0 Å². The Bertz CT molecular complexity index is 696. The molecule has 1 aliphatic rings. The third kappa shape index (κ3) is 3.46. The molecule has 1 amide bonds. The summed E-state index contributed by atoms with van der Waals surface area (Å²) >= 11 is 1.65. The SMILES string of the molecule is Cc1ccc(-c2cc(C(=O)N3CCC[C@@](O)(CO)CC3)n[nH]2)s1. The molecule has 1 fully saturated rings. The van der Waals surface area contributed by atoms with Gasteiger partial charge in [-0.1, -0.05) is 0 Å². The average Bonchev–Trinajstić information content (AvgIpc) is 3.14. The molecule has 3 heterocycles. The van der Waals surface area contributed by atoms with Crippen LogP contribution in [0.15, 0.2) is 18.2 Å². The molecular formula is C16H21N3O3S. The Morgan fingerprint density at radius 2 is 2.26 bits per heavy atom. The van der Waals surface area contributed by atoms with E-state index in [1.165, 1.54) is 4.88 Å². The third-order valence-electron chi connectivity index (χ3n) is 4.30. The number of nitrogens with zero attached hydrogens (tertiary/aromatic N) is 2. The molecule has 6 nitrogen and oxygen atoms in total. The van der Waals surface area contributed by atoms with Gasteiger partial charge in [-0.25, -0.2) is 0 Å². The van der Waals surface area contributed by atoms with E-state index in [4.69, 9.17) is 0 Å². The minimum absolute atomic E-state index is 0.136. The van der Waals surface area contributed by atoms with Gasteiger partial charge in [0.05, 0.1) is 22.8 Å². The summed E-state index contributed by atoms with van der Waals surface area (Å²) in [7, 11) is 0. The van der Waals surface area contributed by atoms with Crippen molar-refractivity contribution in [1.29, 1.82) is 0 Å². The fourth-order valence-corrected chi connectivity index (χ4v) is 3.67. The first kappa shape index (κ1) is 16.2. The molecule has 0 aromatic carbocycles. The summed E-state index contributed by atoms with van der Waals surface area (Å²) in [4.78, 5) is 16.6. The topological polar surface area (TPSA) is 89.5 Å². The quantitative estimate of drug-likeness (QED) is 0.798. The van der Waals surface area contributed by atoms with Crippen LogP contribution in [-0.4, -0.2) is 56.5 Å². The number of likely N-dealkylation sites (tertiary alicyclic amines) is 1. The Labute approximate surface area is 138 Å². The van der Waals surface area contributed by atoms with Crippen LogP contribution in [0.3, 0.4) is 0 Å². The van der Waals surface area contributed by atoms with Gasteiger partial charge < -0.3 is 15.1 Å². The summed E-state index contributed by atoms with van der Waals surface area (Å²) in [5.41, 5.74) is 0.161. The van der Waals surface area contributed by atoms with Crippen LogP contribution in [0.5, 0.6) is 0 Å². The molecule has 0 spiro atoms. The zero-order valence-electron chi connectivity index (χ0n) is 13.1. The number of hydrogen-bond donors (Lipinski definition) is 3. The number of carbonyl (C=O) groups excluding carboxylic acids is 1. The van der Waals surface area contributed by atoms with E-state index in [9.17, 15) is 15.0 Å². The van der Waals surface area contributed by atoms with Crippen LogP contribution in [0.25, 0.3) is 10.6 Å². The lowest BCUT2D eigenvalue weighted by molar-refractivity contribution is -0.0250. The minimum Gasteiger partial charge on any atom is -0.393 e. The summed E-state index contributed by atoms with van der Waals surface area (Å²) in [6.07, 6.45) is 1.56. The van der Waals surface area contributed by atoms with E-state index in [-0.39, 0.29) is 12.5 Å². The van der Waals surface area contributed by atoms with Crippen LogP contribution in [0, 0.1) is 6.92 Å². The van der Waals surface area contributed by atoms with E-state index < -0.39 is 5.60 Å². The van der Waals surface area contributed by atoms with Crippen molar-refractivity contribution in [1.82, 2.24) is 15.1 Å². The molecule has 0 bridgehead atoms. The maximum atomic E-state index is 12.6. The number of carbonyl (C=O) groups is 1. The molecule has 0 saturated carbocycles. The summed E-state index contributed by atoms with van der Waals surface area (Å²) < 4.78 is 0. The van der Waals surface area contributed by atoms with E-state index >= 15 is 0 Å². The summed E-state index contributed by atoms with van der Waals surface area (Å²) in [5.74, 6) is -0.136. The number of thiophene rings is 1. The number of nitrogens with one attached hydrogen (secondary N) is 1. The molecule has 1 aliphatic heterocycles. The Balaban J connectivity index is 1.72. The maximum absolute atomic E-state index is 12.6. The largest absolute Gasteiger partial charge is 0.393 e. The van der Waals surface area contributed by atoms with Crippen LogP contribution in [-0.2, 0) is 0 Å². The fourth-order valence-electron chi connectivity index (χ4n) is 2.84. The lowest BCUT2D eigenvalue weighted by Gasteiger charge is -2.24. The molecular weight excluding hydrogens is 314 g/mol. The number of aromatic nitrogens is 2. The molecule has 0 aliphatic carbocycles. The number of H-pyrrole nitrogens is 1. The van der Waals surface area contributed by atoms with Gasteiger partial charge in [0.1, 0.15) is 0 Å². The van der Waals surface area contributed by atoms with E-state index in [0.717, 1.165) is 10.6 Å². The van der Waals surface area contributed by atoms with Gasteiger partial charge in [-0.05, 0) is 44.4 Å². The highest BCUT2D eigenvalue weighted by molar-refractivity contribution is 7.15. The first-order chi connectivity index (χ1) is 11.0. The van der Waals surface area contributed by atoms with E-state index in [2.05, 4.69) is 10.2 Å². The van der Waals surface area contributed by atoms with Crippen molar-refractivity contribution in [3.05, 3.63) is 28.8 Å². The second-order valence-corrected chi connectivity index (χ2v) is 7.39. The van der Waals surface area contributed by atoms with Crippen molar-refractivity contribution in [2.45, 2.75) is 31.8 Å². The monoisotopic (exact) mass is 335 g/mol. The highest BCUT2D eigenvalue weighted by Gasteiger charge is 2.31. The van der Waals surface area contributed by atoms with Gasteiger partial charge in [0.25, 0.3) is 5.91 Å². The molecule has 2 aromatic heterocycles. The molecule has 0 unspecified atom stereocenters. The van der Waals surface area contributed by atoms with Crippen molar-refractivity contribution >= 4 is 17.2 Å². The number of aliphatic hydroxyl groups is 2. The van der Waals surface area contributed by atoms with Crippen molar-refractivity contribution < 1.29 is 15.0 Å². The summed E-state index contributed by atoms with van der Waals surface area (Å²) in [6, 6.07) is 5.82. The Morgan fingerprint density at radius 3 is 2.96 bits per heavy atom. The number of amides is 1. The van der Waals surface area contributed by atoms with Crippen LogP contribution >= 0.6 is 11.3 Å². The first-order valence-corrected chi connectivity index (χ1v) is 8.57. The molecule has 3 N–H and O–H groups in total. The second kappa shape index (κ2) is 6.43. The smallest absolute Gasteiger partial charge is 0.274 e. The van der Waals surface area contributed by atoms with Crippen LogP contribution in [0.4, 0.5) is 0 Å². The van der Waals surface area contributed by atoms with Crippen molar-refractivity contribution in [3.63, 3.8) is 0 Å². The van der Waals surface area contributed by atoms with Gasteiger partial charge in [0.2, 0.25) is 0 Å². The van der Waals surface area contributed by atoms with Gasteiger partial charge in [0.15, 0.2) is 5.69 Å². The number of hydrogen-bond acceptors (Lipinski definition) is 5. The fraction of sp³-hybridized carbons (Fsp3) is 0.500. The van der Waals surface area contributed by atoms with Gasteiger partial charge in [-0.2, -0.15) is 5.10 Å². The van der Waals surface area contributed by atoms with Gasteiger partial charge in [-0.3, -0.25) is 9.89 Å². The maximum Gasteiger partial charge on any atom is 0.274 e. The third-order valence-corrected chi connectivity index (χ3v) is 5.34. The van der Waals surface area contributed by atoms with E-state index in [0.29, 0.717) is 38.0 Å². The van der Waals surface area contributed by atoms with Gasteiger partial charge in [0, 0.05) is 18.0 Å². The molecule has 2 aromatic rings. The lowest BCUT2D eigenvalue weighted by Crippen LogP contribution is -2.36. The molecule has 124 valence electrons. The van der Waals surface area contributed by atoms with Crippen LogP contribution < -0.4 is 0 Å². The van der Waals surface area contributed by atoms with Crippen LogP contribution in [0.1, 0.15) is 34.6 Å². The molecule has 1 atom stereocenters. The van der Waals surface area contributed by atoms with Crippen LogP contribution in [0.2, 0.25) is 0 Å². The Morgan fingerprint density at radius 1 is 1.43 bits per heavy atom. The zero-order valence-corrected chi connectivity index (χ0v) is 13.9. The number of aryl methyl sites for hydroxylation is 1. The molecule has 23 heavy (non-hydrogen) atoms. The summed E-state index contributed by atoms with van der Waals surface area (Å²) in [5, 5.41) is 26.5. The normalized spacial score (nSPS) is 22.1.